The van der Waals surface area contributed by atoms with E-state index in [9.17, 15) is 8.42 Å². The summed E-state index contributed by atoms with van der Waals surface area (Å²) >= 11 is 0. The molecule has 1 aliphatic rings. The summed E-state index contributed by atoms with van der Waals surface area (Å²) < 4.78 is 28.6. The predicted octanol–water partition coefficient (Wildman–Crippen LogP) is 3.12. The summed E-state index contributed by atoms with van der Waals surface area (Å²) in [5, 5.41) is 4.02. The van der Waals surface area contributed by atoms with E-state index in [1.54, 1.807) is 22.6 Å². The zero-order chi connectivity index (χ0) is 17.2. The predicted molar refractivity (Wildman–Crippen MR) is 104 cm³/mol. The topological polar surface area (TPSA) is 62.3 Å². The van der Waals surface area contributed by atoms with Gasteiger partial charge in [-0.1, -0.05) is 13.0 Å². The molecule has 1 aromatic heterocycles. The van der Waals surface area contributed by atoms with Crippen LogP contribution >= 0.6 is 12.4 Å². The molecule has 0 saturated carbocycles. The standard InChI is InChI=1S/C18H25N3O2S.ClH/c1-3-13-21(15-8-11-19-12-9-15)24(22,23)17-7-6-14(2)18-16(17)5-4-10-20-18;/h4-7,10,15,19H,3,8-9,11-13H2,1-2H3;1H. The van der Waals surface area contributed by atoms with Gasteiger partial charge in [0.15, 0.2) is 0 Å². The van der Waals surface area contributed by atoms with E-state index in [1.807, 2.05) is 26.0 Å². The van der Waals surface area contributed by atoms with Gasteiger partial charge >= 0.3 is 0 Å². The quantitative estimate of drug-likeness (QED) is 0.861. The van der Waals surface area contributed by atoms with Crippen LogP contribution in [0, 0.1) is 6.92 Å². The third-order valence-electron chi connectivity index (χ3n) is 4.68. The van der Waals surface area contributed by atoms with Crippen LogP contribution in [0.3, 0.4) is 0 Å². The van der Waals surface area contributed by atoms with Crippen LogP contribution in [-0.4, -0.2) is 43.4 Å². The minimum absolute atomic E-state index is 0. The van der Waals surface area contributed by atoms with Crippen molar-refractivity contribution in [3.05, 3.63) is 36.0 Å². The van der Waals surface area contributed by atoms with Crippen molar-refractivity contribution in [3.63, 3.8) is 0 Å². The minimum Gasteiger partial charge on any atom is -0.317 e. The Hall–Kier alpha value is -1.21. The fraction of sp³-hybridized carbons (Fsp3) is 0.500. The van der Waals surface area contributed by atoms with Crippen molar-refractivity contribution in [1.82, 2.24) is 14.6 Å². The normalized spacial score (nSPS) is 16.1. The summed E-state index contributed by atoms with van der Waals surface area (Å²) in [7, 11) is -3.54. The fourth-order valence-electron chi connectivity index (χ4n) is 3.45. The summed E-state index contributed by atoms with van der Waals surface area (Å²) in [5.74, 6) is 0. The minimum atomic E-state index is -3.54. The molecule has 1 fully saturated rings. The molecule has 0 unspecified atom stereocenters. The van der Waals surface area contributed by atoms with Crippen LogP contribution in [0.2, 0.25) is 0 Å². The van der Waals surface area contributed by atoms with Gasteiger partial charge in [0.05, 0.1) is 10.4 Å². The van der Waals surface area contributed by atoms with Gasteiger partial charge in [-0.05, 0) is 63.0 Å². The summed E-state index contributed by atoms with van der Waals surface area (Å²) in [6.07, 6.45) is 4.25. The SMILES string of the molecule is CCCN(C1CCNCC1)S(=O)(=O)c1ccc(C)c2ncccc12.Cl. The van der Waals surface area contributed by atoms with Crippen molar-refractivity contribution in [2.75, 3.05) is 19.6 Å². The summed E-state index contributed by atoms with van der Waals surface area (Å²) in [6, 6.07) is 7.32. The molecule has 2 aromatic rings. The van der Waals surface area contributed by atoms with E-state index in [-0.39, 0.29) is 18.4 Å². The second kappa shape index (κ2) is 8.45. The Morgan fingerprint density at radius 3 is 2.64 bits per heavy atom. The smallest absolute Gasteiger partial charge is 0.243 e. The first kappa shape index (κ1) is 20.1. The first-order valence-electron chi connectivity index (χ1n) is 8.62. The van der Waals surface area contributed by atoms with E-state index in [0.29, 0.717) is 16.8 Å². The van der Waals surface area contributed by atoms with Crippen LogP contribution in [0.4, 0.5) is 0 Å². The Morgan fingerprint density at radius 2 is 1.96 bits per heavy atom. The summed E-state index contributed by atoms with van der Waals surface area (Å²) in [6.45, 7) is 6.29. The number of nitrogens with one attached hydrogen (secondary N) is 1. The first-order valence-corrected chi connectivity index (χ1v) is 10.1. The number of sulfonamides is 1. The number of halogens is 1. The molecule has 7 heteroatoms. The largest absolute Gasteiger partial charge is 0.317 e. The lowest BCUT2D eigenvalue weighted by molar-refractivity contribution is 0.262. The van der Waals surface area contributed by atoms with Gasteiger partial charge in [0.2, 0.25) is 10.0 Å². The molecule has 2 heterocycles. The monoisotopic (exact) mass is 383 g/mol. The Bertz CT molecular complexity index is 820. The molecule has 1 saturated heterocycles. The lowest BCUT2D eigenvalue weighted by Gasteiger charge is -2.33. The van der Waals surface area contributed by atoms with Gasteiger partial charge in [0.1, 0.15) is 0 Å². The molecule has 5 nitrogen and oxygen atoms in total. The third-order valence-corrected chi connectivity index (χ3v) is 6.69. The number of nitrogens with zero attached hydrogens (tertiary/aromatic N) is 2. The number of aryl methyl sites for hydroxylation is 1. The van der Waals surface area contributed by atoms with Gasteiger partial charge in [0, 0.05) is 24.2 Å². The maximum atomic E-state index is 13.4. The second-order valence-corrected chi connectivity index (χ2v) is 8.24. The molecule has 0 bridgehead atoms. The van der Waals surface area contributed by atoms with E-state index in [1.165, 1.54) is 0 Å². The van der Waals surface area contributed by atoms with Gasteiger partial charge in [-0.25, -0.2) is 8.42 Å². The molecule has 0 radical (unpaired) electrons. The summed E-state index contributed by atoms with van der Waals surface area (Å²) in [4.78, 5) is 4.76. The maximum Gasteiger partial charge on any atom is 0.243 e. The van der Waals surface area contributed by atoms with Gasteiger partial charge in [-0.2, -0.15) is 4.31 Å². The molecule has 1 aromatic carbocycles. The number of piperidine rings is 1. The molecule has 0 aliphatic carbocycles. The van der Waals surface area contributed by atoms with E-state index in [0.717, 1.165) is 43.4 Å². The highest BCUT2D eigenvalue weighted by Gasteiger charge is 2.32. The number of hydrogen-bond acceptors (Lipinski definition) is 4. The van der Waals surface area contributed by atoms with Crippen LogP contribution in [0.1, 0.15) is 31.7 Å². The molecular formula is C18H26ClN3O2S. The molecule has 1 aliphatic heterocycles. The molecular weight excluding hydrogens is 358 g/mol. The molecule has 0 atom stereocenters. The Labute approximate surface area is 156 Å². The van der Waals surface area contributed by atoms with Gasteiger partial charge in [-0.15, -0.1) is 12.4 Å². The summed E-state index contributed by atoms with van der Waals surface area (Å²) in [5.41, 5.74) is 1.76. The fourth-order valence-corrected chi connectivity index (χ4v) is 5.41. The highest BCUT2D eigenvalue weighted by molar-refractivity contribution is 7.89. The average molecular weight is 384 g/mol. The highest BCUT2D eigenvalue weighted by Crippen LogP contribution is 2.29. The molecule has 0 spiro atoms. The van der Waals surface area contributed by atoms with Crippen molar-refractivity contribution in [3.8, 4) is 0 Å². The molecule has 3 rings (SSSR count). The second-order valence-electron chi connectivity index (χ2n) is 6.38. The average Bonchev–Trinajstić information content (AvgIpc) is 2.60. The Balaban J connectivity index is 0.00000225. The first-order chi connectivity index (χ1) is 11.6. The van der Waals surface area contributed by atoms with Gasteiger partial charge < -0.3 is 5.32 Å². The van der Waals surface area contributed by atoms with Crippen LogP contribution in [0.15, 0.2) is 35.4 Å². The lowest BCUT2D eigenvalue weighted by atomic mass is 10.1. The molecule has 138 valence electrons. The zero-order valence-electron chi connectivity index (χ0n) is 14.7. The van der Waals surface area contributed by atoms with Crippen molar-refractivity contribution < 1.29 is 8.42 Å². The van der Waals surface area contributed by atoms with Crippen molar-refractivity contribution in [2.24, 2.45) is 0 Å². The zero-order valence-corrected chi connectivity index (χ0v) is 16.4. The molecule has 25 heavy (non-hydrogen) atoms. The number of hydrogen-bond donors (Lipinski definition) is 1. The Kier molecular flexibility index (Phi) is 6.79. The Morgan fingerprint density at radius 1 is 1.24 bits per heavy atom. The molecule has 0 amide bonds. The highest BCUT2D eigenvalue weighted by atomic mass is 35.5. The third kappa shape index (κ3) is 3.97. The van der Waals surface area contributed by atoms with Crippen molar-refractivity contribution >= 4 is 33.3 Å². The number of pyridine rings is 1. The van der Waals surface area contributed by atoms with Crippen LogP contribution in [0.25, 0.3) is 10.9 Å². The lowest BCUT2D eigenvalue weighted by Crippen LogP contribution is -2.46. The van der Waals surface area contributed by atoms with E-state index >= 15 is 0 Å². The van der Waals surface area contributed by atoms with E-state index < -0.39 is 10.0 Å². The van der Waals surface area contributed by atoms with Gasteiger partial charge in [-0.3, -0.25) is 4.98 Å². The maximum absolute atomic E-state index is 13.4. The van der Waals surface area contributed by atoms with Crippen LogP contribution in [-0.2, 0) is 10.0 Å². The van der Waals surface area contributed by atoms with Crippen molar-refractivity contribution in [2.45, 2.75) is 44.0 Å². The van der Waals surface area contributed by atoms with E-state index in [2.05, 4.69) is 10.3 Å². The molecule has 1 N–H and O–H groups in total. The number of aromatic nitrogens is 1. The number of benzene rings is 1. The number of rotatable bonds is 5. The van der Waals surface area contributed by atoms with E-state index in [4.69, 9.17) is 0 Å². The van der Waals surface area contributed by atoms with Crippen LogP contribution in [0.5, 0.6) is 0 Å². The number of fused-ring (bicyclic) bond motifs is 1. The van der Waals surface area contributed by atoms with Crippen molar-refractivity contribution in [1.29, 1.82) is 0 Å². The van der Waals surface area contributed by atoms with Gasteiger partial charge in [0.25, 0.3) is 0 Å². The van der Waals surface area contributed by atoms with Crippen LogP contribution < -0.4 is 5.32 Å².